The quantitative estimate of drug-likeness (QED) is 0.780. The summed E-state index contributed by atoms with van der Waals surface area (Å²) in [7, 11) is 0. The first-order valence-corrected chi connectivity index (χ1v) is 5.09. The maximum atomic E-state index is 5.66. The second-order valence-electron chi connectivity index (χ2n) is 3.27. The third kappa shape index (κ3) is 2.57. The minimum Gasteiger partial charge on any atom is -0.328 e. The number of hydrogen-bond donors (Lipinski definition) is 1. The number of nitrogens with two attached hydrogens (primary N) is 1. The summed E-state index contributed by atoms with van der Waals surface area (Å²) in [6, 6.07) is 0.287. The lowest BCUT2D eigenvalue weighted by Gasteiger charge is -2.00. The van der Waals surface area contributed by atoms with Crippen LogP contribution in [0.5, 0.6) is 0 Å². The van der Waals surface area contributed by atoms with Gasteiger partial charge in [-0.15, -0.1) is 11.3 Å². The Labute approximate surface area is 77.8 Å². The number of aromatic nitrogens is 1. The van der Waals surface area contributed by atoms with Gasteiger partial charge in [-0.3, -0.25) is 0 Å². The lowest BCUT2D eigenvalue weighted by Crippen LogP contribution is -2.15. The summed E-state index contributed by atoms with van der Waals surface area (Å²) in [6.45, 7) is 6.21. The predicted molar refractivity (Wildman–Crippen MR) is 53.6 cm³/mol. The van der Waals surface area contributed by atoms with E-state index in [0.717, 1.165) is 12.8 Å². The van der Waals surface area contributed by atoms with Crippen LogP contribution in [0.2, 0.25) is 0 Å². The molecule has 0 saturated heterocycles. The molecule has 1 rings (SSSR count). The molecule has 0 aromatic carbocycles. The fourth-order valence-electron chi connectivity index (χ4n) is 0.997. The first-order chi connectivity index (χ1) is 5.59. The summed E-state index contributed by atoms with van der Waals surface area (Å²) < 4.78 is 0. The molecule has 68 valence electrons. The molecule has 1 heterocycles. The Hall–Kier alpha value is -0.410. The molecule has 1 aromatic rings. The number of hydrogen-bond acceptors (Lipinski definition) is 3. The normalized spacial score (nSPS) is 13.3. The van der Waals surface area contributed by atoms with Gasteiger partial charge in [0.05, 0.1) is 10.7 Å². The highest BCUT2D eigenvalue weighted by atomic mass is 32.1. The van der Waals surface area contributed by atoms with Crippen molar-refractivity contribution in [3.8, 4) is 0 Å². The average molecular weight is 184 g/mol. The molecular weight excluding hydrogens is 168 g/mol. The van der Waals surface area contributed by atoms with Crippen LogP contribution >= 0.6 is 11.3 Å². The number of rotatable bonds is 3. The third-order valence-electron chi connectivity index (χ3n) is 1.89. The van der Waals surface area contributed by atoms with Crippen molar-refractivity contribution in [2.24, 2.45) is 5.73 Å². The van der Waals surface area contributed by atoms with Crippen LogP contribution in [0, 0.1) is 13.8 Å². The molecule has 0 saturated carbocycles. The second-order valence-corrected chi connectivity index (χ2v) is 4.55. The third-order valence-corrected chi connectivity index (χ3v) is 3.02. The summed E-state index contributed by atoms with van der Waals surface area (Å²) in [6.07, 6.45) is 2.06. The van der Waals surface area contributed by atoms with Crippen LogP contribution in [0.15, 0.2) is 0 Å². The van der Waals surface area contributed by atoms with Crippen molar-refractivity contribution in [2.75, 3.05) is 0 Å². The van der Waals surface area contributed by atoms with Gasteiger partial charge < -0.3 is 5.73 Å². The highest BCUT2D eigenvalue weighted by Gasteiger charge is 2.03. The van der Waals surface area contributed by atoms with Gasteiger partial charge >= 0.3 is 0 Å². The number of nitrogens with zero attached hydrogens (tertiary/aromatic N) is 1. The van der Waals surface area contributed by atoms with E-state index in [1.54, 1.807) is 11.3 Å². The Morgan fingerprint density at radius 1 is 1.50 bits per heavy atom. The van der Waals surface area contributed by atoms with Crippen LogP contribution in [0.1, 0.15) is 28.9 Å². The molecule has 0 aliphatic heterocycles. The van der Waals surface area contributed by atoms with E-state index in [4.69, 9.17) is 5.73 Å². The van der Waals surface area contributed by atoms with E-state index in [0.29, 0.717) is 0 Å². The monoisotopic (exact) mass is 184 g/mol. The van der Waals surface area contributed by atoms with Crippen LogP contribution < -0.4 is 5.73 Å². The molecule has 1 atom stereocenters. The second kappa shape index (κ2) is 4.01. The van der Waals surface area contributed by atoms with E-state index < -0.39 is 0 Å². The van der Waals surface area contributed by atoms with Crippen molar-refractivity contribution < 1.29 is 0 Å². The Bertz CT molecular complexity index is 234. The fourth-order valence-corrected chi connectivity index (χ4v) is 1.95. The molecular formula is C9H16N2S. The van der Waals surface area contributed by atoms with Crippen LogP contribution in [0.25, 0.3) is 0 Å². The Morgan fingerprint density at radius 3 is 2.58 bits per heavy atom. The molecule has 0 amide bonds. The predicted octanol–water partition coefficient (Wildman–Crippen LogP) is 2.04. The number of aryl methyl sites for hydroxylation is 3. The smallest absolute Gasteiger partial charge is 0.0931 e. The zero-order valence-electron chi connectivity index (χ0n) is 7.92. The molecule has 0 aliphatic carbocycles. The SMILES string of the molecule is Cc1nc(CCC(C)N)sc1C. The fraction of sp³-hybridized carbons (Fsp3) is 0.667. The lowest BCUT2D eigenvalue weighted by molar-refractivity contribution is 0.663. The van der Waals surface area contributed by atoms with Gasteiger partial charge in [-0.25, -0.2) is 4.98 Å². The maximum Gasteiger partial charge on any atom is 0.0931 e. The molecule has 3 heteroatoms. The molecule has 0 fully saturated rings. The van der Waals surface area contributed by atoms with Crippen LogP contribution in [-0.2, 0) is 6.42 Å². The van der Waals surface area contributed by atoms with Gasteiger partial charge in [0.15, 0.2) is 0 Å². The molecule has 1 aromatic heterocycles. The van der Waals surface area contributed by atoms with Crippen LogP contribution in [-0.4, -0.2) is 11.0 Å². The first-order valence-electron chi connectivity index (χ1n) is 4.28. The molecule has 0 bridgehead atoms. The Kier molecular flexibility index (Phi) is 3.23. The van der Waals surface area contributed by atoms with E-state index in [1.165, 1.54) is 15.6 Å². The lowest BCUT2D eigenvalue weighted by atomic mass is 10.2. The molecule has 0 spiro atoms. The summed E-state index contributed by atoms with van der Waals surface area (Å²) in [4.78, 5) is 5.77. The van der Waals surface area contributed by atoms with Crippen molar-refractivity contribution in [1.29, 1.82) is 0 Å². The van der Waals surface area contributed by atoms with E-state index in [-0.39, 0.29) is 6.04 Å². The Balaban J connectivity index is 2.53. The highest BCUT2D eigenvalue weighted by Crippen LogP contribution is 2.17. The van der Waals surface area contributed by atoms with Gasteiger partial charge in [0, 0.05) is 17.3 Å². The van der Waals surface area contributed by atoms with Crippen molar-refractivity contribution in [3.05, 3.63) is 15.6 Å². The standard InChI is InChI=1S/C9H16N2S/c1-6(10)4-5-9-11-7(2)8(3)12-9/h6H,4-5,10H2,1-3H3. The van der Waals surface area contributed by atoms with Gasteiger partial charge in [0.25, 0.3) is 0 Å². The van der Waals surface area contributed by atoms with Crippen molar-refractivity contribution >= 4 is 11.3 Å². The van der Waals surface area contributed by atoms with Gasteiger partial charge in [-0.05, 0) is 27.2 Å². The topological polar surface area (TPSA) is 38.9 Å². The van der Waals surface area contributed by atoms with E-state index in [2.05, 4.69) is 18.8 Å². The van der Waals surface area contributed by atoms with Crippen LogP contribution in [0.3, 0.4) is 0 Å². The molecule has 0 aliphatic rings. The van der Waals surface area contributed by atoms with Gasteiger partial charge in [0.1, 0.15) is 0 Å². The van der Waals surface area contributed by atoms with Crippen molar-refractivity contribution in [2.45, 2.75) is 39.7 Å². The first kappa shape index (κ1) is 9.68. The van der Waals surface area contributed by atoms with Gasteiger partial charge in [0.2, 0.25) is 0 Å². The zero-order valence-corrected chi connectivity index (χ0v) is 8.74. The summed E-state index contributed by atoms with van der Waals surface area (Å²) >= 11 is 1.79. The summed E-state index contributed by atoms with van der Waals surface area (Å²) in [5.41, 5.74) is 6.83. The molecule has 0 radical (unpaired) electrons. The zero-order chi connectivity index (χ0) is 9.14. The largest absolute Gasteiger partial charge is 0.328 e. The van der Waals surface area contributed by atoms with Gasteiger partial charge in [-0.2, -0.15) is 0 Å². The van der Waals surface area contributed by atoms with Crippen LogP contribution in [0.4, 0.5) is 0 Å². The summed E-state index contributed by atoms with van der Waals surface area (Å²) in [5, 5.41) is 1.22. The molecule has 2 nitrogen and oxygen atoms in total. The van der Waals surface area contributed by atoms with E-state index in [9.17, 15) is 0 Å². The van der Waals surface area contributed by atoms with Crippen molar-refractivity contribution in [3.63, 3.8) is 0 Å². The molecule has 2 N–H and O–H groups in total. The maximum absolute atomic E-state index is 5.66. The Morgan fingerprint density at radius 2 is 2.17 bits per heavy atom. The van der Waals surface area contributed by atoms with E-state index >= 15 is 0 Å². The van der Waals surface area contributed by atoms with Gasteiger partial charge in [-0.1, -0.05) is 0 Å². The summed E-state index contributed by atoms with van der Waals surface area (Å²) in [5.74, 6) is 0. The number of thiazole rings is 1. The minimum absolute atomic E-state index is 0.287. The average Bonchev–Trinajstić information content (AvgIpc) is 2.28. The molecule has 12 heavy (non-hydrogen) atoms. The van der Waals surface area contributed by atoms with Crippen molar-refractivity contribution in [1.82, 2.24) is 4.98 Å². The molecule has 1 unspecified atom stereocenters. The van der Waals surface area contributed by atoms with E-state index in [1.807, 2.05) is 6.92 Å². The highest BCUT2D eigenvalue weighted by molar-refractivity contribution is 7.11. The minimum atomic E-state index is 0.287.